The Morgan fingerprint density at radius 2 is 2.38 bits per heavy atom. The molecule has 0 fully saturated rings. The Kier molecular flexibility index (Phi) is 2.59. The zero-order valence-corrected chi connectivity index (χ0v) is 9.37. The fourth-order valence-electron chi connectivity index (χ4n) is 0.988. The van der Waals surface area contributed by atoms with E-state index in [-0.39, 0.29) is 6.08 Å². The first kappa shape index (κ1) is 9.08. The van der Waals surface area contributed by atoms with Crippen molar-refractivity contribution in [1.82, 2.24) is 4.98 Å². The van der Waals surface area contributed by atoms with E-state index in [1.807, 2.05) is 0 Å². The van der Waals surface area contributed by atoms with Crippen LogP contribution < -0.4 is 4.74 Å². The molecule has 68 valence electrons. The van der Waals surface area contributed by atoms with Gasteiger partial charge in [0, 0.05) is 5.02 Å². The van der Waals surface area contributed by atoms with Gasteiger partial charge in [-0.3, -0.25) is 0 Å². The van der Waals surface area contributed by atoms with Gasteiger partial charge in [-0.2, -0.15) is 4.98 Å². The van der Waals surface area contributed by atoms with Crippen molar-refractivity contribution >= 4 is 45.3 Å². The van der Waals surface area contributed by atoms with Gasteiger partial charge in [-0.25, -0.2) is 0 Å². The second kappa shape index (κ2) is 3.71. The van der Waals surface area contributed by atoms with Crippen LogP contribution in [0.15, 0.2) is 22.6 Å². The highest BCUT2D eigenvalue weighted by Gasteiger charge is 2.05. The summed E-state index contributed by atoms with van der Waals surface area (Å²) in [5.74, 6) is 0. The largest absolute Gasteiger partial charge is 0.439 e. The molecule has 0 N–H and O–H groups in total. The van der Waals surface area contributed by atoms with Crippen molar-refractivity contribution < 1.29 is 9.15 Å². The average molecular weight is 309 g/mol. The number of rotatable bonds is 2. The number of benzene rings is 1. The fourth-order valence-corrected chi connectivity index (χ4v) is 1.42. The molecule has 3 nitrogen and oxygen atoms in total. The van der Waals surface area contributed by atoms with Crippen molar-refractivity contribution in [2.45, 2.75) is 0 Å². The molecule has 13 heavy (non-hydrogen) atoms. The molecule has 0 radical (unpaired) electrons. The number of halogens is 2. The molecule has 0 unspecified atom stereocenters. The third-order valence-corrected chi connectivity index (χ3v) is 2.05. The van der Waals surface area contributed by atoms with Gasteiger partial charge in [-0.1, -0.05) is 11.6 Å². The molecule has 0 saturated carbocycles. The molecule has 0 bridgehead atoms. The van der Waals surface area contributed by atoms with Gasteiger partial charge in [0.05, 0.1) is 0 Å². The van der Waals surface area contributed by atoms with Crippen LogP contribution in [0.2, 0.25) is 5.02 Å². The molecule has 5 heteroatoms. The summed E-state index contributed by atoms with van der Waals surface area (Å²) in [6.07, 6.45) is 0.284. The summed E-state index contributed by atoms with van der Waals surface area (Å²) in [6, 6.07) is 5.26. The third-order valence-electron chi connectivity index (χ3n) is 1.51. The minimum atomic E-state index is 0.284. The van der Waals surface area contributed by atoms with Gasteiger partial charge in [-0.05, 0) is 40.8 Å². The lowest BCUT2D eigenvalue weighted by Crippen LogP contribution is -1.86. The van der Waals surface area contributed by atoms with Crippen molar-refractivity contribution in [3.05, 3.63) is 23.2 Å². The molecule has 1 heterocycles. The second-order valence-corrected chi connectivity index (χ2v) is 3.40. The lowest BCUT2D eigenvalue weighted by atomic mass is 10.3. The molecule has 0 aliphatic heterocycles. The Hall–Kier alpha value is -0.490. The van der Waals surface area contributed by atoms with Crippen LogP contribution in [0.1, 0.15) is 0 Å². The first-order valence-corrected chi connectivity index (χ1v) is 5.45. The summed E-state index contributed by atoms with van der Waals surface area (Å²) in [5, 5.41) is 0.641. The minimum absolute atomic E-state index is 0.284. The first-order valence-electron chi connectivity index (χ1n) is 3.54. The normalized spacial score (nSPS) is 10.6. The molecule has 0 amide bonds. The Labute approximate surface area is 93.2 Å². The van der Waals surface area contributed by atoms with Crippen LogP contribution in [0, 0.1) is 0 Å². The van der Waals surface area contributed by atoms with Crippen molar-refractivity contribution in [3.63, 3.8) is 0 Å². The van der Waals surface area contributed by atoms with Crippen LogP contribution in [-0.2, 0) is 0 Å². The molecular weight excluding hydrogens is 304 g/mol. The summed E-state index contributed by atoms with van der Waals surface area (Å²) in [7, 11) is 0. The highest BCUT2D eigenvalue weighted by Crippen LogP contribution is 2.23. The highest BCUT2D eigenvalue weighted by atomic mass is 127. The maximum Gasteiger partial charge on any atom is 0.395 e. The van der Waals surface area contributed by atoms with E-state index in [0.29, 0.717) is 20.7 Å². The van der Waals surface area contributed by atoms with Gasteiger partial charge in [0.15, 0.2) is 5.58 Å². The van der Waals surface area contributed by atoms with Crippen LogP contribution in [0.25, 0.3) is 11.1 Å². The molecule has 1 aromatic carbocycles. The van der Waals surface area contributed by atoms with Gasteiger partial charge in [0.25, 0.3) is 0 Å². The average Bonchev–Trinajstić information content (AvgIpc) is 2.46. The molecule has 0 atom stereocenters. The van der Waals surface area contributed by atoms with Gasteiger partial charge in [-0.15, -0.1) is 0 Å². The number of nitrogens with zero attached hydrogens (tertiary/aromatic N) is 1. The van der Waals surface area contributed by atoms with Gasteiger partial charge < -0.3 is 9.15 Å². The molecule has 0 saturated heterocycles. The number of hydrogen-bond acceptors (Lipinski definition) is 3. The Balaban J connectivity index is 2.49. The van der Waals surface area contributed by atoms with Crippen LogP contribution in [0.3, 0.4) is 0 Å². The van der Waals surface area contributed by atoms with E-state index in [2.05, 4.69) is 27.6 Å². The van der Waals surface area contributed by atoms with E-state index in [0.717, 1.165) is 0 Å². The fraction of sp³-hybridized carbons (Fsp3) is 0.125. The summed E-state index contributed by atoms with van der Waals surface area (Å²) in [6.45, 7) is 0. The van der Waals surface area contributed by atoms with Gasteiger partial charge in [0.2, 0.25) is 0 Å². The number of aromatic nitrogens is 1. The highest BCUT2D eigenvalue weighted by molar-refractivity contribution is 14.1. The van der Waals surface area contributed by atoms with Gasteiger partial charge >= 0.3 is 6.08 Å². The first-order chi connectivity index (χ1) is 6.29. The molecule has 2 rings (SSSR count). The standard InChI is InChI=1S/C8H5ClINO2/c9-5-1-2-7-6(3-5)11-8(13-7)12-4-10/h1-3H,4H2. The maximum atomic E-state index is 5.78. The zero-order valence-electron chi connectivity index (χ0n) is 6.46. The number of ether oxygens (including phenoxy) is 1. The van der Waals surface area contributed by atoms with Crippen molar-refractivity contribution in [2.75, 3.05) is 4.61 Å². The van der Waals surface area contributed by atoms with Crippen molar-refractivity contribution in [2.24, 2.45) is 0 Å². The van der Waals surface area contributed by atoms with E-state index in [9.17, 15) is 0 Å². The van der Waals surface area contributed by atoms with Crippen LogP contribution in [0.4, 0.5) is 0 Å². The quantitative estimate of drug-likeness (QED) is 0.631. The smallest absolute Gasteiger partial charge is 0.395 e. The Morgan fingerprint density at radius 1 is 1.54 bits per heavy atom. The molecule has 0 spiro atoms. The van der Waals surface area contributed by atoms with Crippen LogP contribution in [0.5, 0.6) is 6.08 Å². The van der Waals surface area contributed by atoms with Gasteiger partial charge in [0.1, 0.15) is 10.1 Å². The Morgan fingerprint density at radius 3 is 3.15 bits per heavy atom. The topological polar surface area (TPSA) is 35.3 Å². The number of oxazole rings is 1. The summed E-state index contributed by atoms with van der Waals surface area (Å²) in [4.78, 5) is 4.09. The second-order valence-electron chi connectivity index (χ2n) is 2.35. The van der Waals surface area contributed by atoms with Crippen molar-refractivity contribution in [1.29, 1.82) is 0 Å². The lowest BCUT2D eigenvalue weighted by molar-refractivity contribution is 0.293. The summed E-state index contributed by atoms with van der Waals surface area (Å²) < 4.78 is 10.9. The SMILES string of the molecule is Clc1ccc2oc(OCI)nc2c1. The predicted octanol–water partition coefficient (Wildman–Crippen LogP) is 3.25. The summed E-state index contributed by atoms with van der Waals surface area (Å²) in [5.41, 5.74) is 1.40. The lowest BCUT2D eigenvalue weighted by Gasteiger charge is -1.89. The number of fused-ring (bicyclic) bond motifs is 1. The Bertz CT molecular complexity index is 429. The minimum Gasteiger partial charge on any atom is -0.439 e. The van der Waals surface area contributed by atoms with Crippen LogP contribution in [-0.4, -0.2) is 9.60 Å². The van der Waals surface area contributed by atoms with E-state index in [4.69, 9.17) is 20.8 Å². The van der Waals surface area contributed by atoms with E-state index < -0.39 is 0 Å². The third kappa shape index (κ3) is 1.88. The number of alkyl halides is 1. The van der Waals surface area contributed by atoms with Crippen molar-refractivity contribution in [3.8, 4) is 6.08 Å². The predicted molar refractivity (Wildman–Crippen MR) is 58.5 cm³/mol. The van der Waals surface area contributed by atoms with E-state index in [1.165, 1.54) is 0 Å². The van der Waals surface area contributed by atoms with Crippen LogP contribution >= 0.6 is 34.2 Å². The molecule has 0 aliphatic rings. The molecule has 1 aromatic heterocycles. The summed E-state index contributed by atoms with van der Waals surface area (Å²) >= 11 is 7.86. The maximum absolute atomic E-state index is 5.78. The molecule has 2 aromatic rings. The molecule has 0 aliphatic carbocycles. The van der Waals surface area contributed by atoms with E-state index >= 15 is 0 Å². The monoisotopic (exact) mass is 309 g/mol. The molecular formula is C8H5ClINO2. The number of hydrogen-bond donors (Lipinski definition) is 0. The van der Waals surface area contributed by atoms with E-state index in [1.54, 1.807) is 18.2 Å². The zero-order chi connectivity index (χ0) is 9.26.